The van der Waals surface area contributed by atoms with Crippen LogP contribution in [0.15, 0.2) is 48.6 Å². The van der Waals surface area contributed by atoms with E-state index in [4.69, 9.17) is 10.00 Å². The van der Waals surface area contributed by atoms with Crippen molar-refractivity contribution in [1.82, 2.24) is 0 Å². The van der Waals surface area contributed by atoms with Crippen LogP contribution < -0.4 is 0 Å². The maximum Gasteiger partial charge on any atom is 0.0912 e. The highest BCUT2D eigenvalue weighted by Gasteiger charge is 2.25. The minimum atomic E-state index is 0.457. The van der Waals surface area contributed by atoms with Crippen molar-refractivity contribution in [2.45, 2.75) is 76.7 Å². The Morgan fingerprint density at radius 3 is 2.32 bits per heavy atom. The minimum Gasteiger partial charge on any atom is -0.378 e. The summed E-state index contributed by atoms with van der Waals surface area (Å²) in [5, 5.41) is 8.51. The van der Waals surface area contributed by atoms with Crippen LogP contribution in [-0.4, -0.2) is 12.7 Å². The number of nitrogens with zero attached hydrogens (tertiary/aromatic N) is 1. The number of ether oxygens (including phenoxy) is 1. The first-order valence-electron chi connectivity index (χ1n) is 11.2. The Kier molecular flexibility index (Phi) is 8.37. The molecule has 1 aromatic carbocycles. The second-order valence-corrected chi connectivity index (χ2v) is 8.56. The molecule has 0 aromatic heterocycles. The van der Waals surface area contributed by atoms with Crippen LogP contribution in [0, 0.1) is 23.2 Å². The van der Waals surface area contributed by atoms with Gasteiger partial charge in [0.2, 0.25) is 0 Å². The number of aryl methyl sites for hydroxylation is 1. The highest BCUT2D eigenvalue weighted by atomic mass is 16.5. The number of nitriles is 1. The van der Waals surface area contributed by atoms with E-state index in [0.717, 1.165) is 24.9 Å². The standard InChI is InChI=1S/C26H35NO/c1-2-21-7-13-24(14-8-21)25-15-9-23(10-16-25)20-28-26-17-11-22(12-18-26)6-4-3-5-19-27/h3-8,13-14,22-23,25-26H,2,9-12,15-18,20H2,1H3. The number of hydrogen-bond acceptors (Lipinski definition) is 2. The van der Waals surface area contributed by atoms with Gasteiger partial charge in [-0.1, -0.05) is 49.4 Å². The first-order chi connectivity index (χ1) is 13.8. The predicted octanol–water partition coefficient (Wildman–Crippen LogP) is 6.73. The van der Waals surface area contributed by atoms with Gasteiger partial charge in [0.25, 0.3) is 0 Å². The maximum atomic E-state index is 8.51. The summed E-state index contributed by atoms with van der Waals surface area (Å²) in [6, 6.07) is 11.3. The molecule has 2 heteroatoms. The summed E-state index contributed by atoms with van der Waals surface area (Å²) in [7, 11) is 0. The van der Waals surface area contributed by atoms with E-state index in [9.17, 15) is 0 Å². The second kappa shape index (κ2) is 11.2. The fraction of sp³-hybridized carbons (Fsp3) is 0.577. The fourth-order valence-corrected chi connectivity index (χ4v) is 4.73. The van der Waals surface area contributed by atoms with Crippen LogP contribution in [0.5, 0.6) is 0 Å². The van der Waals surface area contributed by atoms with Gasteiger partial charge in [-0.05, 0) is 86.7 Å². The van der Waals surface area contributed by atoms with Gasteiger partial charge in [-0.25, -0.2) is 0 Å². The average Bonchev–Trinajstić information content (AvgIpc) is 2.76. The highest BCUT2D eigenvalue weighted by molar-refractivity contribution is 5.25. The Morgan fingerprint density at radius 1 is 0.964 bits per heavy atom. The lowest BCUT2D eigenvalue weighted by Gasteiger charge is -2.32. The molecule has 1 aromatic rings. The Balaban J connectivity index is 1.33. The molecule has 0 atom stereocenters. The summed E-state index contributed by atoms with van der Waals surface area (Å²) in [4.78, 5) is 0. The van der Waals surface area contributed by atoms with E-state index in [1.807, 2.05) is 18.2 Å². The molecule has 0 spiro atoms. The monoisotopic (exact) mass is 377 g/mol. The van der Waals surface area contributed by atoms with Crippen LogP contribution in [0.3, 0.4) is 0 Å². The van der Waals surface area contributed by atoms with Gasteiger partial charge in [0, 0.05) is 12.7 Å². The topological polar surface area (TPSA) is 33.0 Å². The largest absolute Gasteiger partial charge is 0.378 e. The molecule has 150 valence electrons. The Morgan fingerprint density at radius 2 is 1.68 bits per heavy atom. The fourth-order valence-electron chi connectivity index (χ4n) is 4.73. The molecule has 0 amide bonds. The molecule has 0 bridgehead atoms. The summed E-state index contributed by atoms with van der Waals surface area (Å²) >= 11 is 0. The first-order valence-corrected chi connectivity index (χ1v) is 11.2. The molecule has 0 N–H and O–H groups in total. The molecule has 2 aliphatic carbocycles. The molecule has 28 heavy (non-hydrogen) atoms. The number of benzene rings is 1. The van der Waals surface area contributed by atoms with E-state index in [0.29, 0.717) is 12.0 Å². The van der Waals surface area contributed by atoms with Crippen molar-refractivity contribution < 1.29 is 4.74 Å². The molecule has 0 saturated heterocycles. The Labute approximate surface area is 171 Å². The van der Waals surface area contributed by atoms with Crippen LogP contribution >= 0.6 is 0 Å². The zero-order chi connectivity index (χ0) is 19.6. The van der Waals surface area contributed by atoms with E-state index in [1.54, 1.807) is 0 Å². The molecule has 0 heterocycles. The smallest absolute Gasteiger partial charge is 0.0912 e. The van der Waals surface area contributed by atoms with Crippen molar-refractivity contribution in [3.63, 3.8) is 0 Å². The van der Waals surface area contributed by atoms with Crippen molar-refractivity contribution in [2.24, 2.45) is 11.8 Å². The average molecular weight is 378 g/mol. The minimum absolute atomic E-state index is 0.457. The zero-order valence-electron chi connectivity index (χ0n) is 17.4. The Bertz CT molecular complexity index is 665. The summed E-state index contributed by atoms with van der Waals surface area (Å²) < 4.78 is 6.30. The van der Waals surface area contributed by atoms with Gasteiger partial charge < -0.3 is 4.74 Å². The van der Waals surface area contributed by atoms with Gasteiger partial charge in [0.05, 0.1) is 12.2 Å². The normalized spacial score (nSPS) is 28.6. The summed E-state index contributed by atoms with van der Waals surface area (Å²) in [6.45, 7) is 3.18. The lowest BCUT2D eigenvalue weighted by molar-refractivity contribution is -0.00456. The third-order valence-corrected chi connectivity index (χ3v) is 6.66. The van der Waals surface area contributed by atoms with Crippen molar-refractivity contribution >= 4 is 0 Å². The molecule has 2 nitrogen and oxygen atoms in total. The molecule has 0 radical (unpaired) electrons. The van der Waals surface area contributed by atoms with Crippen LogP contribution in [-0.2, 0) is 11.2 Å². The van der Waals surface area contributed by atoms with Crippen LogP contribution in [0.25, 0.3) is 0 Å². The summed E-state index contributed by atoms with van der Waals surface area (Å²) in [5.41, 5.74) is 2.97. The van der Waals surface area contributed by atoms with Gasteiger partial charge in [-0.15, -0.1) is 0 Å². The van der Waals surface area contributed by atoms with Crippen molar-refractivity contribution in [2.75, 3.05) is 6.61 Å². The van der Waals surface area contributed by atoms with Crippen molar-refractivity contribution in [3.05, 3.63) is 59.7 Å². The second-order valence-electron chi connectivity index (χ2n) is 8.56. The van der Waals surface area contributed by atoms with E-state index >= 15 is 0 Å². The number of allylic oxidation sites excluding steroid dienone is 4. The lowest BCUT2D eigenvalue weighted by Crippen LogP contribution is -2.25. The molecule has 2 fully saturated rings. The van der Waals surface area contributed by atoms with E-state index in [2.05, 4.69) is 37.3 Å². The van der Waals surface area contributed by atoms with Gasteiger partial charge in [-0.2, -0.15) is 5.26 Å². The number of rotatable bonds is 7. The van der Waals surface area contributed by atoms with Crippen LogP contribution in [0.4, 0.5) is 0 Å². The third-order valence-electron chi connectivity index (χ3n) is 6.66. The van der Waals surface area contributed by atoms with Gasteiger partial charge in [0.15, 0.2) is 0 Å². The van der Waals surface area contributed by atoms with Gasteiger partial charge >= 0.3 is 0 Å². The Hall–Kier alpha value is -1.85. The summed E-state index contributed by atoms with van der Waals surface area (Å²) in [6.07, 6.45) is 19.2. The van der Waals surface area contributed by atoms with Crippen LogP contribution in [0.1, 0.15) is 75.3 Å². The van der Waals surface area contributed by atoms with Crippen molar-refractivity contribution in [1.29, 1.82) is 5.26 Å². The number of hydrogen-bond donors (Lipinski definition) is 0. The van der Waals surface area contributed by atoms with E-state index in [1.165, 1.54) is 68.6 Å². The van der Waals surface area contributed by atoms with Gasteiger partial charge in [0.1, 0.15) is 0 Å². The molecule has 2 aliphatic rings. The summed E-state index contributed by atoms with van der Waals surface area (Å²) in [5.74, 6) is 2.15. The third kappa shape index (κ3) is 6.35. The molecular formula is C26H35NO. The quantitative estimate of drug-likeness (QED) is 0.389. The highest BCUT2D eigenvalue weighted by Crippen LogP contribution is 2.36. The molecular weight excluding hydrogens is 342 g/mol. The molecule has 3 rings (SSSR count). The molecule has 2 saturated carbocycles. The zero-order valence-corrected chi connectivity index (χ0v) is 17.4. The van der Waals surface area contributed by atoms with Crippen molar-refractivity contribution in [3.8, 4) is 6.07 Å². The van der Waals surface area contributed by atoms with Gasteiger partial charge in [-0.3, -0.25) is 0 Å². The predicted molar refractivity (Wildman–Crippen MR) is 116 cm³/mol. The molecule has 0 aliphatic heterocycles. The van der Waals surface area contributed by atoms with Crippen LogP contribution in [0.2, 0.25) is 0 Å². The van der Waals surface area contributed by atoms with E-state index in [-0.39, 0.29) is 0 Å². The molecule has 0 unspecified atom stereocenters. The van der Waals surface area contributed by atoms with E-state index < -0.39 is 0 Å². The lowest BCUT2D eigenvalue weighted by atomic mass is 9.79. The maximum absolute atomic E-state index is 8.51. The first kappa shape index (κ1) is 20.9. The SMILES string of the molecule is CCc1ccc(C2CCC(COC3CCC(C=CC=CC#N)CC3)CC2)cc1.